The van der Waals surface area contributed by atoms with Crippen LogP contribution in [0.15, 0.2) is 24.3 Å². The third-order valence-corrected chi connectivity index (χ3v) is 5.26. The Hall–Kier alpha value is -1.81. The van der Waals surface area contributed by atoms with Crippen LogP contribution in [0.25, 0.3) is 10.9 Å². The lowest BCUT2D eigenvalue weighted by Crippen LogP contribution is -3.02. The van der Waals surface area contributed by atoms with E-state index in [4.69, 9.17) is 4.74 Å². The van der Waals surface area contributed by atoms with Gasteiger partial charge in [-0.05, 0) is 24.5 Å². The Bertz CT molecular complexity index is 698. The van der Waals surface area contributed by atoms with E-state index >= 15 is 0 Å². The minimum Gasteiger partial charge on any atom is -0.465 e. The minimum atomic E-state index is -0.111. The molecule has 1 fully saturated rings. The van der Waals surface area contributed by atoms with Crippen molar-refractivity contribution in [2.45, 2.75) is 43.7 Å². The average Bonchev–Trinajstić information content (AvgIpc) is 3.12. The standard InChI is InChI=1S/C17H20N2O2/c1-21-16(20)14-10-12-11-6-2-3-7-13(11)18-15(12)17(19-14)8-4-5-9-17/h2-3,6-7,14,18-19H,4-5,8-10H2,1H3/p+1/t14-/m0/s1. The van der Waals surface area contributed by atoms with Gasteiger partial charge >= 0.3 is 5.97 Å². The molecule has 0 bridgehead atoms. The molecule has 2 aliphatic rings. The molecule has 0 amide bonds. The molecule has 4 nitrogen and oxygen atoms in total. The van der Waals surface area contributed by atoms with E-state index in [1.54, 1.807) is 0 Å². The number of methoxy groups -OCH3 is 1. The lowest BCUT2D eigenvalue weighted by Gasteiger charge is -2.35. The number of fused-ring (bicyclic) bond motifs is 4. The normalized spacial score (nSPS) is 23.4. The topological polar surface area (TPSA) is 58.7 Å². The SMILES string of the molecule is COC(=O)[C@@H]1Cc2c([nH]c3ccccc23)C2(CCCC2)[NH2+]1. The molecule has 1 aliphatic carbocycles. The van der Waals surface area contributed by atoms with E-state index in [1.807, 2.05) is 0 Å². The number of para-hydroxylation sites is 1. The van der Waals surface area contributed by atoms with Gasteiger partial charge in [-0.1, -0.05) is 18.2 Å². The van der Waals surface area contributed by atoms with E-state index in [0.717, 1.165) is 19.3 Å². The van der Waals surface area contributed by atoms with Crippen LogP contribution in [0.2, 0.25) is 0 Å². The summed E-state index contributed by atoms with van der Waals surface area (Å²) in [6.07, 6.45) is 5.51. The van der Waals surface area contributed by atoms with Crippen molar-refractivity contribution in [2.75, 3.05) is 7.11 Å². The Balaban J connectivity index is 1.89. The molecule has 1 saturated carbocycles. The molecule has 21 heavy (non-hydrogen) atoms. The molecule has 0 saturated heterocycles. The maximum Gasteiger partial charge on any atom is 0.364 e. The molecule has 2 aromatic rings. The Labute approximate surface area is 123 Å². The maximum absolute atomic E-state index is 12.1. The molecule has 4 rings (SSSR count). The molecule has 2 heterocycles. The zero-order chi connectivity index (χ0) is 14.4. The van der Waals surface area contributed by atoms with E-state index in [2.05, 4.69) is 34.6 Å². The van der Waals surface area contributed by atoms with Gasteiger partial charge in [-0.3, -0.25) is 0 Å². The predicted molar refractivity (Wildman–Crippen MR) is 79.9 cm³/mol. The molecule has 1 spiro atoms. The Morgan fingerprint density at radius 3 is 2.86 bits per heavy atom. The Kier molecular flexibility index (Phi) is 2.82. The van der Waals surface area contributed by atoms with Gasteiger partial charge in [0.2, 0.25) is 0 Å². The third-order valence-electron chi connectivity index (χ3n) is 5.26. The summed E-state index contributed by atoms with van der Waals surface area (Å²) in [5.74, 6) is -0.0998. The van der Waals surface area contributed by atoms with E-state index in [0.29, 0.717) is 0 Å². The monoisotopic (exact) mass is 285 g/mol. The highest BCUT2D eigenvalue weighted by molar-refractivity contribution is 5.86. The van der Waals surface area contributed by atoms with Gasteiger partial charge in [0.1, 0.15) is 5.54 Å². The van der Waals surface area contributed by atoms with Crippen LogP contribution in [0.1, 0.15) is 36.9 Å². The summed E-state index contributed by atoms with van der Waals surface area (Å²) in [6.45, 7) is 0. The Morgan fingerprint density at radius 1 is 1.33 bits per heavy atom. The molecule has 1 aromatic carbocycles. The third kappa shape index (κ3) is 1.82. The van der Waals surface area contributed by atoms with Gasteiger partial charge in [-0.25, -0.2) is 4.79 Å². The Morgan fingerprint density at radius 2 is 2.10 bits per heavy atom. The molecule has 3 N–H and O–H groups in total. The first kappa shape index (κ1) is 12.9. The maximum atomic E-state index is 12.1. The van der Waals surface area contributed by atoms with Gasteiger partial charge < -0.3 is 15.0 Å². The summed E-state index contributed by atoms with van der Waals surface area (Å²) in [5.41, 5.74) is 3.91. The number of H-pyrrole nitrogens is 1. The van der Waals surface area contributed by atoms with Gasteiger partial charge in [0.25, 0.3) is 0 Å². The van der Waals surface area contributed by atoms with Crippen molar-refractivity contribution in [3.8, 4) is 0 Å². The quantitative estimate of drug-likeness (QED) is 0.782. The fourth-order valence-corrected chi connectivity index (χ4v) is 4.31. The molecular formula is C17H21N2O2+. The summed E-state index contributed by atoms with van der Waals surface area (Å²) in [6, 6.07) is 8.31. The molecular weight excluding hydrogens is 264 g/mol. The number of quaternary nitrogens is 1. The zero-order valence-electron chi connectivity index (χ0n) is 12.3. The zero-order valence-corrected chi connectivity index (χ0v) is 12.3. The first-order valence-corrected chi connectivity index (χ1v) is 7.77. The van der Waals surface area contributed by atoms with Crippen molar-refractivity contribution < 1.29 is 14.8 Å². The summed E-state index contributed by atoms with van der Waals surface area (Å²) >= 11 is 0. The van der Waals surface area contributed by atoms with Crippen LogP contribution in [0.3, 0.4) is 0 Å². The van der Waals surface area contributed by atoms with Crippen LogP contribution in [0.5, 0.6) is 0 Å². The highest BCUT2D eigenvalue weighted by Crippen LogP contribution is 2.41. The average molecular weight is 285 g/mol. The van der Waals surface area contributed by atoms with E-state index in [1.165, 1.54) is 42.1 Å². The number of carbonyl (C=O) groups excluding carboxylic acids is 1. The first-order valence-electron chi connectivity index (χ1n) is 7.77. The van der Waals surface area contributed by atoms with Gasteiger partial charge in [0, 0.05) is 30.2 Å². The summed E-state index contributed by atoms with van der Waals surface area (Å²) in [7, 11) is 1.49. The van der Waals surface area contributed by atoms with Crippen LogP contribution in [0.4, 0.5) is 0 Å². The van der Waals surface area contributed by atoms with Crippen molar-refractivity contribution in [3.63, 3.8) is 0 Å². The molecule has 0 radical (unpaired) electrons. The van der Waals surface area contributed by atoms with Crippen LogP contribution in [-0.4, -0.2) is 24.1 Å². The van der Waals surface area contributed by atoms with Crippen molar-refractivity contribution in [2.24, 2.45) is 0 Å². The molecule has 0 unspecified atom stereocenters. The van der Waals surface area contributed by atoms with E-state index in [-0.39, 0.29) is 17.6 Å². The summed E-state index contributed by atoms with van der Waals surface area (Å²) in [5, 5.41) is 3.53. The van der Waals surface area contributed by atoms with Crippen LogP contribution in [0, 0.1) is 0 Å². The van der Waals surface area contributed by atoms with Crippen molar-refractivity contribution in [1.29, 1.82) is 0 Å². The number of rotatable bonds is 1. The van der Waals surface area contributed by atoms with Gasteiger partial charge in [-0.2, -0.15) is 0 Å². The number of nitrogens with one attached hydrogen (secondary N) is 1. The largest absolute Gasteiger partial charge is 0.465 e. The number of nitrogens with two attached hydrogens (primary N) is 1. The van der Waals surface area contributed by atoms with Crippen molar-refractivity contribution in [3.05, 3.63) is 35.5 Å². The lowest BCUT2D eigenvalue weighted by atomic mass is 9.82. The minimum absolute atomic E-state index is 0.0471. The number of hydrogen-bond acceptors (Lipinski definition) is 2. The highest BCUT2D eigenvalue weighted by Gasteiger charge is 2.49. The van der Waals surface area contributed by atoms with Gasteiger partial charge in [0.05, 0.1) is 12.8 Å². The van der Waals surface area contributed by atoms with Crippen LogP contribution < -0.4 is 5.32 Å². The molecule has 1 aliphatic heterocycles. The smallest absolute Gasteiger partial charge is 0.364 e. The molecule has 110 valence electrons. The molecule has 1 aromatic heterocycles. The lowest BCUT2D eigenvalue weighted by molar-refractivity contribution is -0.759. The van der Waals surface area contributed by atoms with E-state index < -0.39 is 0 Å². The van der Waals surface area contributed by atoms with Gasteiger partial charge in [0.15, 0.2) is 6.04 Å². The predicted octanol–water partition coefficient (Wildman–Crippen LogP) is 1.60. The first-order chi connectivity index (χ1) is 10.2. The van der Waals surface area contributed by atoms with Crippen LogP contribution >= 0.6 is 0 Å². The van der Waals surface area contributed by atoms with Crippen LogP contribution in [-0.2, 0) is 21.5 Å². The van der Waals surface area contributed by atoms with Crippen molar-refractivity contribution in [1.82, 2.24) is 4.98 Å². The highest BCUT2D eigenvalue weighted by atomic mass is 16.5. The fraction of sp³-hybridized carbons (Fsp3) is 0.471. The van der Waals surface area contributed by atoms with E-state index in [9.17, 15) is 4.79 Å². The number of esters is 1. The number of hydrogen-bond donors (Lipinski definition) is 2. The number of carbonyl (C=O) groups is 1. The van der Waals surface area contributed by atoms with Gasteiger partial charge in [-0.15, -0.1) is 0 Å². The number of aromatic amines is 1. The second-order valence-electron chi connectivity index (χ2n) is 6.39. The second kappa shape index (κ2) is 4.60. The second-order valence-corrected chi connectivity index (χ2v) is 6.39. The molecule has 1 atom stereocenters. The number of aromatic nitrogens is 1. The summed E-state index contributed by atoms with van der Waals surface area (Å²) in [4.78, 5) is 15.8. The van der Waals surface area contributed by atoms with Crippen molar-refractivity contribution >= 4 is 16.9 Å². The summed E-state index contributed by atoms with van der Waals surface area (Å²) < 4.78 is 5.02. The number of ether oxygens (including phenoxy) is 1. The number of benzene rings is 1. The molecule has 4 heteroatoms. The fourth-order valence-electron chi connectivity index (χ4n) is 4.31.